The van der Waals surface area contributed by atoms with Crippen LogP contribution < -0.4 is 0 Å². The van der Waals surface area contributed by atoms with E-state index in [1.165, 1.54) is 17.0 Å². The number of esters is 1. The molecule has 1 aliphatic rings. The average molecular weight is 498 g/mol. The fourth-order valence-corrected chi connectivity index (χ4v) is 5.26. The lowest BCUT2D eigenvalue weighted by atomic mass is 9.82. The molecule has 0 aromatic heterocycles. The van der Waals surface area contributed by atoms with Crippen LogP contribution in [0.25, 0.3) is 10.8 Å². The van der Waals surface area contributed by atoms with Crippen LogP contribution in [0, 0.1) is 5.82 Å². The van der Waals surface area contributed by atoms with Crippen LogP contribution in [0.2, 0.25) is 0 Å². The van der Waals surface area contributed by atoms with Gasteiger partial charge in [0.1, 0.15) is 11.9 Å². The maximum Gasteiger partial charge on any atom is 0.407 e. The van der Waals surface area contributed by atoms with E-state index in [4.69, 9.17) is 4.74 Å². The molecule has 0 radical (unpaired) electrons. The van der Waals surface area contributed by atoms with Gasteiger partial charge in [0.05, 0.1) is 11.6 Å². The Morgan fingerprint density at radius 2 is 1.62 bits per heavy atom. The number of carbonyl (C=O) groups excluding carboxylic acids is 1. The first-order chi connectivity index (χ1) is 18.0. The number of piperidine rings is 1. The van der Waals surface area contributed by atoms with E-state index in [-0.39, 0.29) is 11.7 Å². The van der Waals surface area contributed by atoms with E-state index in [2.05, 4.69) is 6.07 Å². The molecule has 1 aliphatic heterocycles. The number of likely N-dealkylation sites (tertiary alicyclic amines) is 1. The van der Waals surface area contributed by atoms with E-state index >= 15 is 0 Å². The van der Waals surface area contributed by atoms with Gasteiger partial charge in [-0.3, -0.25) is 0 Å². The standard InChI is InChI=1S/C31H28FNO4/c32-27-14-12-23(13-15-27)26-16-17-33(31(35)36)28(20-26)29(37-30(34)24-7-2-1-3-8-24)19-21-10-11-22-6-4-5-9-25(22)18-21/h1-15,18,26,28-29H,16-17,19-20H2,(H,35,36). The highest BCUT2D eigenvalue weighted by Gasteiger charge is 2.39. The quantitative estimate of drug-likeness (QED) is 0.302. The first-order valence-electron chi connectivity index (χ1n) is 12.5. The fraction of sp³-hybridized carbons (Fsp3) is 0.226. The number of carboxylic acid groups (broad SMARTS) is 1. The van der Waals surface area contributed by atoms with Crippen LogP contribution in [0.4, 0.5) is 9.18 Å². The molecule has 4 aromatic carbocycles. The zero-order valence-electron chi connectivity index (χ0n) is 20.3. The molecule has 1 fully saturated rings. The van der Waals surface area contributed by atoms with Gasteiger partial charge >= 0.3 is 12.1 Å². The van der Waals surface area contributed by atoms with Crippen molar-refractivity contribution in [3.8, 4) is 0 Å². The third-order valence-corrected chi connectivity index (χ3v) is 7.18. The van der Waals surface area contributed by atoms with Gasteiger partial charge in [-0.1, -0.05) is 72.8 Å². The summed E-state index contributed by atoms with van der Waals surface area (Å²) in [4.78, 5) is 26.8. The highest BCUT2D eigenvalue weighted by atomic mass is 19.1. The summed E-state index contributed by atoms with van der Waals surface area (Å²) in [5, 5.41) is 12.2. The van der Waals surface area contributed by atoms with Gasteiger partial charge in [0, 0.05) is 13.0 Å². The molecule has 188 valence electrons. The van der Waals surface area contributed by atoms with Crippen molar-refractivity contribution in [1.29, 1.82) is 0 Å². The maximum atomic E-state index is 13.5. The summed E-state index contributed by atoms with van der Waals surface area (Å²) in [5.41, 5.74) is 2.33. The van der Waals surface area contributed by atoms with Gasteiger partial charge in [0.25, 0.3) is 0 Å². The van der Waals surface area contributed by atoms with Crippen LogP contribution in [0.1, 0.15) is 40.2 Å². The lowest BCUT2D eigenvalue weighted by Crippen LogP contribution is -2.52. The van der Waals surface area contributed by atoms with Gasteiger partial charge in [0.2, 0.25) is 0 Å². The van der Waals surface area contributed by atoms with Crippen molar-refractivity contribution in [2.75, 3.05) is 6.54 Å². The first-order valence-corrected chi connectivity index (χ1v) is 12.5. The molecular formula is C31H28FNO4. The highest BCUT2D eigenvalue weighted by molar-refractivity contribution is 5.89. The highest BCUT2D eigenvalue weighted by Crippen LogP contribution is 2.35. The largest absolute Gasteiger partial charge is 0.465 e. The summed E-state index contributed by atoms with van der Waals surface area (Å²) in [5.74, 6) is -0.773. The third kappa shape index (κ3) is 5.64. The van der Waals surface area contributed by atoms with Crippen molar-refractivity contribution < 1.29 is 23.8 Å². The Kier molecular flexibility index (Phi) is 7.17. The third-order valence-electron chi connectivity index (χ3n) is 7.18. The first kappa shape index (κ1) is 24.5. The summed E-state index contributed by atoms with van der Waals surface area (Å²) in [6.07, 6.45) is -0.286. The van der Waals surface area contributed by atoms with Gasteiger partial charge in [-0.05, 0) is 64.9 Å². The number of amides is 1. The minimum Gasteiger partial charge on any atom is -0.465 e. The van der Waals surface area contributed by atoms with Gasteiger partial charge in [0.15, 0.2) is 0 Å². The molecule has 1 amide bonds. The van der Waals surface area contributed by atoms with Crippen LogP contribution in [-0.2, 0) is 11.2 Å². The molecule has 0 saturated carbocycles. The topological polar surface area (TPSA) is 66.8 Å². The van der Waals surface area contributed by atoms with Gasteiger partial charge in [-0.25, -0.2) is 14.0 Å². The molecule has 1 saturated heterocycles. The number of nitrogens with zero attached hydrogens (tertiary/aromatic N) is 1. The van der Waals surface area contributed by atoms with Gasteiger partial charge in [-0.15, -0.1) is 0 Å². The van der Waals surface area contributed by atoms with Crippen LogP contribution in [0.15, 0.2) is 97.1 Å². The van der Waals surface area contributed by atoms with E-state index in [1.54, 1.807) is 36.4 Å². The van der Waals surface area contributed by atoms with Crippen LogP contribution >= 0.6 is 0 Å². The van der Waals surface area contributed by atoms with Crippen LogP contribution in [-0.4, -0.2) is 40.8 Å². The van der Waals surface area contributed by atoms with Crippen LogP contribution in [0.5, 0.6) is 0 Å². The number of hydrogen-bond acceptors (Lipinski definition) is 3. The maximum absolute atomic E-state index is 13.5. The van der Waals surface area contributed by atoms with E-state index in [0.29, 0.717) is 31.4 Å². The van der Waals surface area contributed by atoms with E-state index in [0.717, 1.165) is 21.9 Å². The van der Waals surface area contributed by atoms with Crippen molar-refractivity contribution >= 4 is 22.8 Å². The molecule has 1 N–H and O–H groups in total. The molecule has 0 spiro atoms. The number of hydrogen-bond donors (Lipinski definition) is 1. The summed E-state index contributed by atoms with van der Waals surface area (Å²) < 4.78 is 19.6. The molecule has 3 unspecified atom stereocenters. The zero-order valence-corrected chi connectivity index (χ0v) is 20.3. The molecule has 6 heteroatoms. The van der Waals surface area contributed by atoms with Crippen molar-refractivity contribution in [3.63, 3.8) is 0 Å². The normalized spacial score (nSPS) is 18.4. The summed E-state index contributed by atoms with van der Waals surface area (Å²) in [6.45, 7) is 0.305. The minimum absolute atomic E-state index is 0.0238. The molecule has 0 aliphatic carbocycles. The molecule has 1 heterocycles. The fourth-order valence-electron chi connectivity index (χ4n) is 5.26. The Bertz CT molecular complexity index is 1390. The lowest BCUT2D eigenvalue weighted by Gasteiger charge is -2.41. The van der Waals surface area contributed by atoms with E-state index in [9.17, 15) is 19.1 Å². The van der Waals surface area contributed by atoms with Gasteiger partial charge in [-0.2, -0.15) is 0 Å². The number of rotatable bonds is 6. The van der Waals surface area contributed by atoms with Crippen molar-refractivity contribution in [2.45, 2.75) is 37.3 Å². The Balaban J connectivity index is 1.48. The summed E-state index contributed by atoms with van der Waals surface area (Å²) in [6, 6.07) is 28.6. The Morgan fingerprint density at radius 3 is 2.35 bits per heavy atom. The zero-order chi connectivity index (χ0) is 25.8. The predicted octanol–water partition coefficient (Wildman–Crippen LogP) is 6.67. The van der Waals surface area contributed by atoms with Crippen molar-refractivity contribution in [1.82, 2.24) is 4.90 Å². The molecular weight excluding hydrogens is 469 g/mol. The number of carbonyl (C=O) groups is 2. The molecule has 5 nitrogen and oxygen atoms in total. The molecule has 0 bridgehead atoms. The Hall–Kier alpha value is -4.19. The number of halogens is 1. The summed E-state index contributed by atoms with van der Waals surface area (Å²) in [7, 11) is 0. The Morgan fingerprint density at radius 1 is 0.919 bits per heavy atom. The SMILES string of the molecule is O=C(OC(Cc1ccc2ccccc2c1)C1CC(c2ccc(F)cc2)CCN1C(=O)O)c1ccccc1. The van der Waals surface area contributed by atoms with Crippen molar-refractivity contribution in [3.05, 3.63) is 120 Å². The smallest absolute Gasteiger partial charge is 0.407 e. The van der Waals surface area contributed by atoms with E-state index in [1.807, 2.05) is 42.5 Å². The number of ether oxygens (including phenoxy) is 1. The Labute approximate surface area is 215 Å². The minimum atomic E-state index is -1.04. The lowest BCUT2D eigenvalue weighted by molar-refractivity contribution is -0.0109. The number of benzene rings is 4. The van der Waals surface area contributed by atoms with Crippen molar-refractivity contribution in [2.24, 2.45) is 0 Å². The second kappa shape index (κ2) is 10.8. The predicted molar refractivity (Wildman–Crippen MR) is 140 cm³/mol. The second-order valence-corrected chi connectivity index (χ2v) is 9.51. The summed E-state index contributed by atoms with van der Waals surface area (Å²) >= 11 is 0. The molecule has 3 atom stereocenters. The average Bonchev–Trinajstić information content (AvgIpc) is 2.93. The monoisotopic (exact) mass is 497 g/mol. The molecule has 4 aromatic rings. The number of fused-ring (bicyclic) bond motifs is 1. The molecule has 37 heavy (non-hydrogen) atoms. The second-order valence-electron chi connectivity index (χ2n) is 9.51. The van der Waals surface area contributed by atoms with E-state index < -0.39 is 24.2 Å². The van der Waals surface area contributed by atoms with Crippen LogP contribution in [0.3, 0.4) is 0 Å². The van der Waals surface area contributed by atoms with Gasteiger partial charge < -0.3 is 14.7 Å². The molecule has 5 rings (SSSR count).